The summed E-state index contributed by atoms with van der Waals surface area (Å²) in [6, 6.07) is 3.11. The Hall–Kier alpha value is -2.64. The Bertz CT molecular complexity index is 664. The Labute approximate surface area is 112 Å². The number of anilines is 1. The van der Waals surface area contributed by atoms with Crippen molar-refractivity contribution in [3.05, 3.63) is 46.1 Å². The van der Waals surface area contributed by atoms with Gasteiger partial charge < -0.3 is 5.32 Å². The number of hydrogen-bond acceptors (Lipinski definition) is 5. The third kappa shape index (κ3) is 2.53. The monoisotopic (exact) mass is 280 g/mol. The smallest absolute Gasteiger partial charge is 0.305 e. The van der Waals surface area contributed by atoms with Crippen molar-refractivity contribution in [1.29, 1.82) is 0 Å². The van der Waals surface area contributed by atoms with Gasteiger partial charge in [-0.2, -0.15) is 4.39 Å². The number of nitro groups is 1. The Balaban J connectivity index is 2.59. The van der Waals surface area contributed by atoms with E-state index in [1.807, 2.05) is 6.92 Å². The lowest BCUT2D eigenvalue weighted by atomic mass is 10.1. The maximum Gasteiger partial charge on any atom is 0.305 e. The molecule has 1 aromatic heterocycles. The minimum atomic E-state index is -1.29. The van der Waals surface area contributed by atoms with Gasteiger partial charge in [0.15, 0.2) is 5.82 Å². The van der Waals surface area contributed by atoms with Crippen LogP contribution in [0.25, 0.3) is 11.4 Å². The van der Waals surface area contributed by atoms with Gasteiger partial charge in [-0.3, -0.25) is 10.1 Å². The second-order valence-corrected chi connectivity index (χ2v) is 3.81. The molecule has 0 amide bonds. The number of hydrogen-bond donors (Lipinski definition) is 1. The highest BCUT2D eigenvalue weighted by molar-refractivity contribution is 5.62. The number of benzene rings is 1. The molecule has 0 bridgehead atoms. The van der Waals surface area contributed by atoms with E-state index in [0.29, 0.717) is 12.4 Å². The predicted octanol–water partition coefficient (Wildman–Crippen LogP) is 2.76. The van der Waals surface area contributed by atoms with Crippen LogP contribution in [-0.4, -0.2) is 21.4 Å². The molecule has 2 aromatic rings. The molecular formula is C12H10F2N4O2. The fourth-order valence-electron chi connectivity index (χ4n) is 1.65. The Morgan fingerprint density at radius 2 is 2.10 bits per heavy atom. The molecule has 1 aromatic carbocycles. The van der Waals surface area contributed by atoms with Crippen LogP contribution in [0.15, 0.2) is 24.4 Å². The number of halogens is 2. The summed E-state index contributed by atoms with van der Waals surface area (Å²) in [5.41, 5.74) is -1.43. The van der Waals surface area contributed by atoms with Crippen LogP contribution < -0.4 is 5.32 Å². The van der Waals surface area contributed by atoms with Gasteiger partial charge in [-0.1, -0.05) is 0 Å². The molecule has 0 fully saturated rings. The lowest BCUT2D eigenvalue weighted by Crippen LogP contribution is -2.04. The molecule has 0 unspecified atom stereocenters. The van der Waals surface area contributed by atoms with Crippen molar-refractivity contribution in [1.82, 2.24) is 9.97 Å². The highest BCUT2D eigenvalue weighted by Crippen LogP contribution is 2.29. The largest absolute Gasteiger partial charge is 0.370 e. The summed E-state index contributed by atoms with van der Waals surface area (Å²) in [7, 11) is 0. The van der Waals surface area contributed by atoms with E-state index >= 15 is 0 Å². The molecule has 0 aliphatic carbocycles. The molecule has 0 radical (unpaired) electrons. The summed E-state index contributed by atoms with van der Waals surface area (Å²) >= 11 is 0. The van der Waals surface area contributed by atoms with Crippen LogP contribution in [0.3, 0.4) is 0 Å². The molecule has 1 N–H and O–H groups in total. The molecule has 0 aliphatic heterocycles. The standard InChI is InChI=1S/C12H10F2N4O2/c1-2-15-9-5-6-16-12(17-9)10-7(13)3-4-8(11(10)14)18(19)20/h3-6H,2H2,1H3,(H,15,16,17). The number of rotatable bonds is 4. The normalized spacial score (nSPS) is 10.3. The molecule has 0 saturated heterocycles. The van der Waals surface area contributed by atoms with Crippen molar-refractivity contribution < 1.29 is 13.7 Å². The van der Waals surface area contributed by atoms with Crippen LogP contribution in [0.5, 0.6) is 0 Å². The van der Waals surface area contributed by atoms with E-state index in [9.17, 15) is 18.9 Å². The molecule has 0 aliphatic rings. The van der Waals surface area contributed by atoms with Crippen molar-refractivity contribution in [3.8, 4) is 11.4 Å². The highest BCUT2D eigenvalue weighted by Gasteiger charge is 2.24. The summed E-state index contributed by atoms with van der Waals surface area (Å²) in [4.78, 5) is 17.4. The Morgan fingerprint density at radius 3 is 2.75 bits per heavy atom. The van der Waals surface area contributed by atoms with Gasteiger partial charge in [0.25, 0.3) is 0 Å². The van der Waals surface area contributed by atoms with Crippen molar-refractivity contribution in [3.63, 3.8) is 0 Å². The summed E-state index contributed by atoms with van der Waals surface area (Å²) in [6.45, 7) is 2.40. The van der Waals surface area contributed by atoms with Gasteiger partial charge >= 0.3 is 5.69 Å². The predicted molar refractivity (Wildman–Crippen MR) is 68.2 cm³/mol. The van der Waals surface area contributed by atoms with Gasteiger partial charge in [-0.05, 0) is 19.1 Å². The third-order valence-corrected chi connectivity index (χ3v) is 2.50. The number of nitro benzene ring substituents is 1. The maximum atomic E-state index is 14.0. The quantitative estimate of drug-likeness (QED) is 0.688. The zero-order chi connectivity index (χ0) is 14.7. The molecular weight excluding hydrogens is 270 g/mol. The van der Waals surface area contributed by atoms with E-state index in [2.05, 4.69) is 15.3 Å². The van der Waals surface area contributed by atoms with Crippen molar-refractivity contribution >= 4 is 11.5 Å². The van der Waals surface area contributed by atoms with Crippen molar-refractivity contribution in [2.45, 2.75) is 6.92 Å². The third-order valence-electron chi connectivity index (χ3n) is 2.50. The fraction of sp³-hybridized carbons (Fsp3) is 0.167. The van der Waals surface area contributed by atoms with Crippen LogP contribution in [0.1, 0.15) is 6.92 Å². The van der Waals surface area contributed by atoms with E-state index in [-0.39, 0.29) is 5.82 Å². The first-order valence-corrected chi connectivity index (χ1v) is 5.74. The molecule has 0 saturated carbocycles. The van der Waals surface area contributed by atoms with Gasteiger partial charge in [0, 0.05) is 18.8 Å². The summed E-state index contributed by atoms with van der Waals surface area (Å²) < 4.78 is 27.7. The number of aromatic nitrogens is 2. The van der Waals surface area contributed by atoms with Gasteiger partial charge in [-0.25, -0.2) is 14.4 Å². The zero-order valence-electron chi connectivity index (χ0n) is 10.4. The molecule has 8 heteroatoms. The van der Waals surface area contributed by atoms with Crippen LogP contribution in [0, 0.1) is 21.7 Å². The van der Waals surface area contributed by atoms with Crippen molar-refractivity contribution in [2.75, 3.05) is 11.9 Å². The van der Waals surface area contributed by atoms with E-state index in [4.69, 9.17) is 0 Å². The molecule has 1 heterocycles. The second-order valence-electron chi connectivity index (χ2n) is 3.81. The van der Waals surface area contributed by atoms with Crippen molar-refractivity contribution in [2.24, 2.45) is 0 Å². The average Bonchev–Trinajstić information content (AvgIpc) is 2.39. The first-order valence-electron chi connectivity index (χ1n) is 5.74. The van der Waals surface area contributed by atoms with Crippen LogP contribution in [0.2, 0.25) is 0 Å². The lowest BCUT2D eigenvalue weighted by molar-refractivity contribution is -0.387. The van der Waals surface area contributed by atoms with Gasteiger partial charge in [0.1, 0.15) is 11.6 Å². The fourth-order valence-corrected chi connectivity index (χ4v) is 1.65. The summed E-state index contributed by atoms with van der Waals surface area (Å²) in [5.74, 6) is -2.12. The minimum Gasteiger partial charge on any atom is -0.370 e. The summed E-state index contributed by atoms with van der Waals surface area (Å²) in [5, 5.41) is 13.5. The van der Waals surface area contributed by atoms with Crippen LogP contribution >= 0.6 is 0 Å². The van der Waals surface area contributed by atoms with E-state index in [0.717, 1.165) is 12.1 Å². The SMILES string of the molecule is CCNc1ccnc(-c2c(F)ccc([N+](=O)[O-])c2F)n1. The number of nitrogens with one attached hydrogen (secondary N) is 1. The van der Waals surface area contributed by atoms with Crippen LogP contribution in [-0.2, 0) is 0 Å². The summed E-state index contributed by atoms with van der Waals surface area (Å²) in [6.07, 6.45) is 1.32. The minimum absolute atomic E-state index is 0.248. The molecule has 6 nitrogen and oxygen atoms in total. The first-order chi connectivity index (χ1) is 9.54. The molecule has 0 atom stereocenters. The molecule has 20 heavy (non-hydrogen) atoms. The Morgan fingerprint density at radius 1 is 1.35 bits per heavy atom. The van der Waals surface area contributed by atoms with Gasteiger partial charge in [0.05, 0.1) is 10.5 Å². The maximum absolute atomic E-state index is 14.0. The van der Waals surface area contributed by atoms with E-state index in [1.165, 1.54) is 12.3 Å². The molecule has 0 spiro atoms. The van der Waals surface area contributed by atoms with E-state index in [1.54, 1.807) is 0 Å². The molecule has 104 valence electrons. The topological polar surface area (TPSA) is 81.0 Å². The van der Waals surface area contributed by atoms with E-state index < -0.39 is 27.8 Å². The average molecular weight is 280 g/mol. The lowest BCUT2D eigenvalue weighted by Gasteiger charge is -2.06. The number of nitrogens with zero attached hydrogens (tertiary/aromatic N) is 3. The van der Waals surface area contributed by atoms with Gasteiger partial charge in [0.2, 0.25) is 5.82 Å². The highest BCUT2D eigenvalue weighted by atomic mass is 19.1. The Kier molecular flexibility index (Phi) is 3.83. The molecule has 2 rings (SSSR count). The van der Waals surface area contributed by atoms with Crippen LogP contribution in [0.4, 0.5) is 20.3 Å². The van der Waals surface area contributed by atoms with Gasteiger partial charge in [-0.15, -0.1) is 0 Å². The second kappa shape index (κ2) is 5.55. The zero-order valence-corrected chi connectivity index (χ0v) is 10.4. The first kappa shape index (κ1) is 13.8.